The summed E-state index contributed by atoms with van der Waals surface area (Å²) >= 11 is 0. The van der Waals surface area contributed by atoms with Gasteiger partial charge in [-0.25, -0.2) is 4.98 Å². The number of aromatic amines is 1. The first-order chi connectivity index (χ1) is 9.21. The van der Waals surface area contributed by atoms with Gasteiger partial charge in [0.05, 0.1) is 0 Å². The third-order valence-corrected chi connectivity index (χ3v) is 4.02. The minimum absolute atomic E-state index is 0.0611. The maximum atomic E-state index is 11.5. The van der Waals surface area contributed by atoms with Crippen LogP contribution in [0, 0.1) is 5.92 Å². The molecule has 0 amide bonds. The van der Waals surface area contributed by atoms with Crippen molar-refractivity contribution in [2.45, 2.75) is 64.8 Å². The Hall–Kier alpha value is -1.32. The molecule has 1 aromatic rings. The average molecular weight is 263 g/mol. The molecular weight excluding hydrogens is 238 g/mol. The van der Waals surface area contributed by atoms with E-state index < -0.39 is 0 Å². The molecule has 1 aliphatic rings. The van der Waals surface area contributed by atoms with Gasteiger partial charge in [-0.2, -0.15) is 0 Å². The Labute approximate surface area is 115 Å². The fourth-order valence-corrected chi connectivity index (χ4v) is 2.96. The second kappa shape index (κ2) is 6.73. The topological polar surface area (TPSA) is 57.8 Å². The number of hydrogen-bond acceptors (Lipinski definition) is 3. The summed E-state index contributed by atoms with van der Waals surface area (Å²) in [7, 11) is 0. The van der Waals surface area contributed by atoms with Gasteiger partial charge in [-0.1, -0.05) is 26.7 Å². The maximum Gasteiger partial charge on any atom is 0.252 e. The second-order valence-corrected chi connectivity index (χ2v) is 5.58. The zero-order chi connectivity index (χ0) is 13.7. The summed E-state index contributed by atoms with van der Waals surface area (Å²) in [6.07, 6.45) is 8.40. The highest BCUT2D eigenvalue weighted by atomic mass is 16.1. The molecule has 4 nitrogen and oxygen atoms in total. The Morgan fingerprint density at radius 3 is 2.68 bits per heavy atom. The van der Waals surface area contributed by atoms with Crippen LogP contribution in [-0.4, -0.2) is 16.0 Å². The van der Waals surface area contributed by atoms with E-state index in [1.54, 1.807) is 6.07 Å². The molecular formula is C15H25N3O. The first-order valence-electron chi connectivity index (χ1n) is 7.58. The normalized spacial score (nSPS) is 23.3. The first kappa shape index (κ1) is 14.1. The van der Waals surface area contributed by atoms with Gasteiger partial charge < -0.3 is 10.3 Å². The molecule has 2 rings (SSSR count). The van der Waals surface area contributed by atoms with Gasteiger partial charge in [-0.15, -0.1) is 0 Å². The van der Waals surface area contributed by atoms with E-state index in [0.717, 1.165) is 24.0 Å². The maximum absolute atomic E-state index is 11.5. The van der Waals surface area contributed by atoms with Gasteiger partial charge >= 0.3 is 0 Å². The molecule has 19 heavy (non-hydrogen) atoms. The van der Waals surface area contributed by atoms with Crippen molar-refractivity contribution in [3.8, 4) is 0 Å². The molecule has 1 aromatic heterocycles. The van der Waals surface area contributed by atoms with Crippen molar-refractivity contribution in [1.82, 2.24) is 9.97 Å². The number of anilines is 1. The summed E-state index contributed by atoms with van der Waals surface area (Å²) in [5.74, 6) is 2.40. The molecule has 0 bridgehead atoms. The third-order valence-electron chi connectivity index (χ3n) is 4.02. The highest BCUT2D eigenvalue weighted by Gasteiger charge is 2.20. The van der Waals surface area contributed by atoms with Gasteiger partial charge in [-0.3, -0.25) is 4.79 Å². The lowest BCUT2D eigenvalue weighted by Gasteiger charge is -2.29. The molecule has 0 aromatic carbocycles. The van der Waals surface area contributed by atoms with E-state index in [2.05, 4.69) is 22.2 Å². The molecule has 0 aliphatic heterocycles. The van der Waals surface area contributed by atoms with Crippen LogP contribution in [0.3, 0.4) is 0 Å². The Morgan fingerprint density at radius 1 is 1.32 bits per heavy atom. The van der Waals surface area contributed by atoms with Crippen molar-refractivity contribution in [2.75, 3.05) is 5.32 Å². The largest absolute Gasteiger partial charge is 0.367 e. The fourth-order valence-electron chi connectivity index (χ4n) is 2.96. The van der Waals surface area contributed by atoms with Crippen LogP contribution in [0.25, 0.3) is 0 Å². The Kier molecular flexibility index (Phi) is 5.00. The Morgan fingerprint density at radius 2 is 2.05 bits per heavy atom. The zero-order valence-electron chi connectivity index (χ0n) is 12.0. The molecule has 1 aliphatic carbocycles. The van der Waals surface area contributed by atoms with E-state index in [-0.39, 0.29) is 5.56 Å². The minimum Gasteiger partial charge on any atom is -0.367 e. The fraction of sp³-hybridized carbons (Fsp3) is 0.733. The van der Waals surface area contributed by atoms with E-state index in [0.29, 0.717) is 6.04 Å². The van der Waals surface area contributed by atoms with Crippen LogP contribution in [-0.2, 0) is 6.42 Å². The SMILES string of the molecule is CCCC1CCC(Nc2cc(=O)[nH]c(CC)n2)CC1. The van der Waals surface area contributed by atoms with E-state index >= 15 is 0 Å². The lowest BCUT2D eigenvalue weighted by Crippen LogP contribution is -2.27. The smallest absolute Gasteiger partial charge is 0.252 e. The lowest BCUT2D eigenvalue weighted by atomic mass is 9.83. The molecule has 1 saturated carbocycles. The third kappa shape index (κ3) is 4.08. The van der Waals surface area contributed by atoms with Crippen molar-refractivity contribution in [2.24, 2.45) is 5.92 Å². The quantitative estimate of drug-likeness (QED) is 0.858. The molecule has 0 atom stereocenters. The molecule has 2 N–H and O–H groups in total. The van der Waals surface area contributed by atoms with Crippen molar-refractivity contribution in [3.63, 3.8) is 0 Å². The molecule has 1 fully saturated rings. The van der Waals surface area contributed by atoms with Crippen molar-refractivity contribution in [3.05, 3.63) is 22.2 Å². The van der Waals surface area contributed by atoms with Crippen LogP contribution in [0.15, 0.2) is 10.9 Å². The Bertz CT molecular complexity index is 447. The van der Waals surface area contributed by atoms with Crippen LogP contribution < -0.4 is 10.9 Å². The molecule has 0 unspecified atom stereocenters. The van der Waals surface area contributed by atoms with Gasteiger partial charge in [-0.05, 0) is 31.6 Å². The summed E-state index contributed by atoms with van der Waals surface area (Å²) in [5.41, 5.74) is -0.0611. The summed E-state index contributed by atoms with van der Waals surface area (Å²) in [5, 5.41) is 3.43. The molecule has 0 radical (unpaired) electrons. The monoisotopic (exact) mass is 263 g/mol. The molecule has 0 saturated heterocycles. The molecule has 4 heteroatoms. The second-order valence-electron chi connectivity index (χ2n) is 5.58. The lowest BCUT2D eigenvalue weighted by molar-refractivity contribution is 0.318. The highest BCUT2D eigenvalue weighted by molar-refractivity contribution is 5.34. The highest BCUT2D eigenvalue weighted by Crippen LogP contribution is 2.28. The van der Waals surface area contributed by atoms with Crippen molar-refractivity contribution in [1.29, 1.82) is 0 Å². The predicted octanol–water partition coefficient (Wildman–Crippen LogP) is 3.10. The number of hydrogen-bond donors (Lipinski definition) is 2. The minimum atomic E-state index is -0.0611. The van der Waals surface area contributed by atoms with Crippen LogP contribution >= 0.6 is 0 Å². The number of nitrogens with one attached hydrogen (secondary N) is 2. The van der Waals surface area contributed by atoms with E-state index in [1.165, 1.54) is 38.5 Å². The summed E-state index contributed by atoms with van der Waals surface area (Å²) in [6.45, 7) is 4.26. The first-order valence-corrected chi connectivity index (χ1v) is 7.58. The van der Waals surface area contributed by atoms with Crippen LogP contribution in [0.4, 0.5) is 5.82 Å². The standard InChI is InChI=1S/C15H25N3O/c1-3-5-11-6-8-12(9-7-11)16-14-10-15(19)18-13(4-2)17-14/h10-12H,3-9H2,1-2H3,(H2,16,17,18,19). The van der Waals surface area contributed by atoms with Gasteiger partial charge in [0.15, 0.2) is 0 Å². The summed E-state index contributed by atoms with van der Waals surface area (Å²) < 4.78 is 0. The predicted molar refractivity (Wildman–Crippen MR) is 78.5 cm³/mol. The van der Waals surface area contributed by atoms with E-state index in [9.17, 15) is 4.79 Å². The molecule has 1 heterocycles. The van der Waals surface area contributed by atoms with E-state index in [1.807, 2.05) is 6.92 Å². The van der Waals surface area contributed by atoms with Gasteiger partial charge in [0.2, 0.25) is 0 Å². The van der Waals surface area contributed by atoms with Crippen molar-refractivity contribution < 1.29 is 0 Å². The zero-order valence-corrected chi connectivity index (χ0v) is 12.0. The van der Waals surface area contributed by atoms with Crippen molar-refractivity contribution >= 4 is 5.82 Å². The van der Waals surface area contributed by atoms with Gasteiger partial charge in [0.25, 0.3) is 5.56 Å². The number of rotatable bonds is 5. The van der Waals surface area contributed by atoms with Crippen LogP contribution in [0.5, 0.6) is 0 Å². The van der Waals surface area contributed by atoms with Crippen LogP contribution in [0.1, 0.15) is 58.2 Å². The molecule has 106 valence electrons. The van der Waals surface area contributed by atoms with E-state index in [4.69, 9.17) is 0 Å². The van der Waals surface area contributed by atoms with Gasteiger partial charge in [0.1, 0.15) is 11.6 Å². The number of aromatic nitrogens is 2. The summed E-state index contributed by atoms with van der Waals surface area (Å²) in [4.78, 5) is 18.7. The molecule has 0 spiro atoms. The van der Waals surface area contributed by atoms with Gasteiger partial charge in [0, 0.05) is 18.5 Å². The average Bonchev–Trinajstić information content (AvgIpc) is 2.40. The number of nitrogens with zero attached hydrogens (tertiary/aromatic N) is 1. The summed E-state index contributed by atoms with van der Waals surface area (Å²) in [6, 6.07) is 2.05. The number of H-pyrrole nitrogens is 1. The Balaban J connectivity index is 1.92. The number of aryl methyl sites for hydroxylation is 1. The van der Waals surface area contributed by atoms with Crippen LogP contribution in [0.2, 0.25) is 0 Å².